The lowest BCUT2D eigenvalue weighted by molar-refractivity contribution is 0.197. The van der Waals surface area contributed by atoms with Gasteiger partial charge in [0.1, 0.15) is 0 Å². The Kier molecular flexibility index (Phi) is 5.88. The maximum Gasteiger partial charge on any atom is 0.0758 e. The van der Waals surface area contributed by atoms with Gasteiger partial charge in [0.25, 0.3) is 0 Å². The van der Waals surface area contributed by atoms with Crippen LogP contribution in [0.3, 0.4) is 0 Å². The second-order valence-corrected chi connectivity index (χ2v) is 5.10. The quantitative estimate of drug-likeness (QED) is 0.748. The van der Waals surface area contributed by atoms with Crippen molar-refractivity contribution in [2.24, 2.45) is 0 Å². The highest BCUT2D eigenvalue weighted by Crippen LogP contribution is 2.23. The van der Waals surface area contributed by atoms with Gasteiger partial charge in [-0.3, -0.25) is 0 Å². The second-order valence-electron chi connectivity index (χ2n) is 4.04. The van der Waals surface area contributed by atoms with Gasteiger partial charge in [-0.2, -0.15) is 0 Å². The van der Waals surface area contributed by atoms with E-state index in [-0.39, 0.29) is 6.10 Å². The fourth-order valence-corrected chi connectivity index (χ4v) is 2.46. The summed E-state index contributed by atoms with van der Waals surface area (Å²) >= 11 is 1.72. The minimum atomic E-state index is -0.273. The molecule has 0 heterocycles. The van der Waals surface area contributed by atoms with Crippen LogP contribution in [-0.4, -0.2) is 30.1 Å². The third kappa shape index (κ3) is 4.56. The number of aliphatic hydroxyl groups excluding tert-OH is 1. The zero-order valence-electron chi connectivity index (χ0n) is 10.3. The predicted octanol–water partition coefficient (Wildman–Crippen LogP) is 2.37. The van der Waals surface area contributed by atoms with E-state index in [9.17, 15) is 5.11 Å². The van der Waals surface area contributed by atoms with Crippen LogP contribution in [0.4, 0.5) is 0 Å². The van der Waals surface area contributed by atoms with E-state index in [0.717, 1.165) is 12.3 Å². The third-order valence-corrected chi connectivity index (χ3v) is 3.71. The first kappa shape index (κ1) is 13.6. The monoisotopic (exact) mass is 239 g/mol. The minimum absolute atomic E-state index is 0.273. The smallest absolute Gasteiger partial charge is 0.0758 e. The molecule has 0 amide bonds. The Morgan fingerprint density at radius 1 is 1.38 bits per heavy atom. The Balaban J connectivity index is 2.42. The van der Waals surface area contributed by atoms with Crippen molar-refractivity contribution in [2.45, 2.75) is 31.8 Å². The normalized spacial score (nSPS) is 12.8. The lowest BCUT2D eigenvalue weighted by atomic mass is 10.2. The van der Waals surface area contributed by atoms with Crippen LogP contribution in [0.5, 0.6) is 0 Å². The fraction of sp³-hybridized carbons (Fsp3) is 0.538. The van der Waals surface area contributed by atoms with E-state index >= 15 is 0 Å². The highest BCUT2D eigenvalue weighted by Gasteiger charge is 2.05. The van der Waals surface area contributed by atoms with Gasteiger partial charge in [0.05, 0.1) is 6.10 Å². The Morgan fingerprint density at radius 2 is 2.12 bits per heavy atom. The first-order valence-corrected chi connectivity index (χ1v) is 6.71. The summed E-state index contributed by atoms with van der Waals surface area (Å²) in [6.45, 7) is 7.84. The van der Waals surface area contributed by atoms with Crippen molar-refractivity contribution in [3.63, 3.8) is 0 Å². The van der Waals surface area contributed by atoms with Crippen LogP contribution in [0.2, 0.25) is 0 Å². The van der Waals surface area contributed by atoms with Crippen LogP contribution >= 0.6 is 11.8 Å². The van der Waals surface area contributed by atoms with Crippen molar-refractivity contribution >= 4 is 11.8 Å². The number of hydrogen-bond donors (Lipinski definition) is 2. The molecular formula is C13H21NOS. The van der Waals surface area contributed by atoms with Gasteiger partial charge in [0.2, 0.25) is 0 Å². The molecule has 0 saturated heterocycles. The average molecular weight is 239 g/mol. The lowest BCUT2D eigenvalue weighted by Gasteiger charge is -2.12. The Hall–Kier alpha value is -0.510. The van der Waals surface area contributed by atoms with E-state index in [0.29, 0.717) is 6.54 Å². The number of aryl methyl sites for hydroxylation is 2. The SMILES string of the molecule is CCNCC(O)CSc1ccc(C)cc1C. The number of nitrogens with one attached hydrogen (secondary N) is 1. The van der Waals surface area contributed by atoms with Gasteiger partial charge in [0.15, 0.2) is 0 Å². The summed E-state index contributed by atoms with van der Waals surface area (Å²) in [7, 11) is 0. The standard InChI is InChI=1S/C13H21NOS/c1-4-14-8-12(15)9-16-13-6-5-10(2)7-11(13)3/h5-7,12,14-15H,4,8-9H2,1-3H3. The van der Waals surface area contributed by atoms with Gasteiger partial charge >= 0.3 is 0 Å². The van der Waals surface area contributed by atoms with E-state index in [1.165, 1.54) is 16.0 Å². The average Bonchev–Trinajstić information content (AvgIpc) is 2.25. The van der Waals surface area contributed by atoms with Crippen molar-refractivity contribution in [1.29, 1.82) is 0 Å². The molecule has 0 saturated carbocycles. The van der Waals surface area contributed by atoms with E-state index in [1.807, 2.05) is 6.92 Å². The summed E-state index contributed by atoms with van der Waals surface area (Å²) < 4.78 is 0. The summed E-state index contributed by atoms with van der Waals surface area (Å²) in [4.78, 5) is 1.26. The maximum atomic E-state index is 9.70. The molecule has 0 bridgehead atoms. The Morgan fingerprint density at radius 3 is 2.75 bits per heavy atom. The number of benzene rings is 1. The second kappa shape index (κ2) is 6.94. The molecule has 0 aliphatic rings. The van der Waals surface area contributed by atoms with Crippen molar-refractivity contribution in [2.75, 3.05) is 18.8 Å². The zero-order chi connectivity index (χ0) is 12.0. The Labute approximate surface area is 102 Å². The maximum absolute atomic E-state index is 9.70. The van der Waals surface area contributed by atoms with Crippen LogP contribution in [0.25, 0.3) is 0 Å². The highest BCUT2D eigenvalue weighted by atomic mass is 32.2. The van der Waals surface area contributed by atoms with Gasteiger partial charge < -0.3 is 10.4 Å². The van der Waals surface area contributed by atoms with Crippen LogP contribution in [0, 0.1) is 13.8 Å². The molecule has 0 aromatic heterocycles. The molecule has 0 fully saturated rings. The van der Waals surface area contributed by atoms with Gasteiger partial charge in [-0.25, -0.2) is 0 Å². The summed E-state index contributed by atoms with van der Waals surface area (Å²) in [5.41, 5.74) is 2.58. The van der Waals surface area contributed by atoms with E-state index in [4.69, 9.17) is 0 Å². The number of likely N-dealkylation sites (N-methyl/N-ethyl adjacent to an activating group) is 1. The third-order valence-electron chi connectivity index (χ3n) is 2.39. The molecule has 2 N–H and O–H groups in total. The summed E-state index contributed by atoms with van der Waals surface area (Å²) in [5, 5.41) is 12.8. The van der Waals surface area contributed by atoms with Gasteiger partial charge in [-0.1, -0.05) is 24.6 Å². The molecule has 16 heavy (non-hydrogen) atoms. The lowest BCUT2D eigenvalue weighted by Crippen LogP contribution is -2.28. The van der Waals surface area contributed by atoms with Crippen molar-refractivity contribution in [3.05, 3.63) is 29.3 Å². The molecule has 2 nitrogen and oxygen atoms in total. The molecule has 0 aliphatic heterocycles. The molecule has 90 valence electrons. The summed E-state index contributed by atoms with van der Waals surface area (Å²) in [6.07, 6.45) is -0.273. The van der Waals surface area contributed by atoms with Crippen LogP contribution in [-0.2, 0) is 0 Å². The molecule has 1 atom stereocenters. The van der Waals surface area contributed by atoms with Crippen molar-refractivity contribution in [1.82, 2.24) is 5.32 Å². The number of aliphatic hydroxyl groups is 1. The van der Waals surface area contributed by atoms with Crippen LogP contribution in [0.1, 0.15) is 18.1 Å². The van der Waals surface area contributed by atoms with Crippen LogP contribution in [0.15, 0.2) is 23.1 Å². The molecule has 1 aromatic carbocycles. The Bertz CT molecular complexity index is 328. The first-order chi connectivity index (χ1) is 7.63. The van der Waals surface area contributed by atoms with Crippen molar-refractivity contribution in [3.8, 4) is 0 Å². The molecule has 3 heteroatoms. The molecule has 1 rings (SSSR count). The predicted molar refractivity (Wildman–Crippen MR) is 71.2 cm³/mol. The molecule has 0 spiro atoms. The largest absolute Gasteiger partial charge is 0.391 e. The number of hydrogen-bond acceptors (Lipinski definition) is 3. The molecule has 0 aliphatic carbocycles. The first-order valence-electron chi connectivity index (χ1n) is 5.72. The highest BCUT2D eigenvalue weighted by molar-refractivity contribution is 7.99. The minimum Gasteiger partial charge on any atom is -0.391 e. The number of thioether (sulfide) groups is 1. The molecule has 1 aromatic rings. The molecule has 1 unspecified atom stereocenters. The topological polar surface area (TPSA) is 32.3 Å². The number of rotatable bonds is 6. The van der Waals surface area contributed by atoms with Gasteiger partial charge in [-0.05, 0) is 32.0 Å². The van der Waals surface area contributed by atoms with Crippen molar-refractivity contribution < 1.29 is 5.11 Å². The summed E-state index contributed by atoms with van der Waals surface area (Å²) in [5.74, 6) is 0.747. The van der Waals surface area contributed by atoms with Gasteiger partial charge in [-0.15, -0.1) is 11.8 Å². The van der Waals surface area contributed by atoms with Crippen LogP contribution < -0.4 is 5.32 Å². The van der Waals surface area contributed by atoms with E-state index in [1.54, 1.807) is 11.8 Å². The van der Waals surface area contributed by atoms with E-state index in [2.05, 4.69) is 37.4 Å². The summed E-state index contributed by atoms with van der Waals surface area (Å²) in [6, 6.07) is 6.43. The van der Waals surface area contributed by atoms with Gasteiger partial charge in [0, 0.05) is 17.2 Å². The fourth-order valence-electron chi connectivity index (χ4n) is 1.52. The molecule has 0 radical (unpaired) electrons. The zero-order valence-corrected chi connectivity index (χ0v) is 11.1. The van der Waals surface area contributed by atoms with E-state index < -0.39 is 0 Å². The molecular weight excluding hydrogens is 218 g/mol.